The van der Waals surface area contributed by atoms with E-state index < -0.39 is 6.10 Å². The van der Waals surface area contributed by atoms with Gasteiger partial charge in [-0.25, -0.2) is 0 Å². The Balaban J connectivity index is 2.42. The highest BCUT2D eigenvalue weighted by Crippen LogP contribution is 2.33. The van der Waals surface area contributed by atoms with Gasteiger partial charge >= 0.3 is 0 Å². The van der Waals surface area contributed by atoms with Gasteiger partial charge in [0, 0.05) is 23.8 Å². The standard InChI is InChI=1S/C16H21N3O2/c1-10-3-5-13(16(18)21)9-19(10)15-7-12(8-17)4-6-14(15)11(2)20/h4,6-7,10-11,13,20H,3,5,9H2,1-2H3,(H2,18,21)/t10?,11-,13?/m1/s1. The van der Waals surface area contributed by atoms with Crippen LogP contribution in [-0.2, 0) is 4.79 Å². The van der Waals surface area contributed by atoms with Gasteiger partial charge in [0.2, 0.25) is 5.91 Å². The van der Waals surface area contributed by atoms with Crippen molar-refractivity contribution in [1.82, 2.24) is 0 Å². The SMILES string of the molecule is CC1CCC(C(N)=O)CN1c1cc(C#N)ccc1[C@@H](C)O. The molecule has 1 aliphatic heterocycles. The fraction of sp³-hybridized carbons (Fsp3) is 0.500. The van der Waals surface area contributed by atoms with E-state index >= 15 is 0 Å². The highest BCUT2D eigenvalue weighted by atomic mass is 16.3. The Bertz CT molecular complexity index is 577. The molecule has 5 heteroatoms. The largest absolute Gasteiger partial charge is 0.389 e. The summed E-state index contributed by atoms with van der Waals surface area (Å²) in [4.78, 5) is 13.6. The van der Waals surface area contributed by atoms with Crippen LogP contribution in [-0.4, -0.2) is 23.6 Å². The molecule has 1 heterocycles. The van der Waals surface area contributed by atoms with E-state index in [0.29, 0.717) is 12.1 Å². The van der Waals surface area contributed by atoms with Gasteiger partial charge in [0.1, 0.15) is 0 Å². The molecule has 1 aliphatic rings. The summed E-state index contributed by atoms with van der Waals surface area (Å²) in [6, 6.07) is 7.62. The lowest BCUT2D eigenvalue weighted by Gasteiger charge is -2.40. The van der Waals surface area contributed by atoms with Gasteiger partial charge < -0.3 is 15.7 Å². The van der Waals surface area contributed by atoms with Crippen LogP contribution in [0, 0.1) is 17.2 Å². The van der Waals surface area contributed by atoms with Crippen molar-refractivity contribution < 1.29 is 9.90 Å². The molecule has 5 nitrogen and oxygen atoms in total. The van der Waals surface area contributed by atoms with Gasteiger partial charge in [-0.05, 0) is 38.8 Å². The minimum atomic E-state index is -0.631. The number of primary amides is 1. The van der Waals surface area contributed by atoms with E-state index in [1.165, 1.54) is 0 Å². The monoisotopic (exact) mass is 287 g/mol. The summed E-state index contributed by atoms with van der Waals surface area (Å²) in [5.41, 5.74) is 7.57. The number of hydrogen-bond donors (Lipinski definition) is 2. The molecule has 3 N–H and O–H groups in total. The Kier molecular flexibility index (Phi) is 4.49. The zero-order chi connectivity index (χ0) is 15.6. The molecule has 0 spiro atoms. The number of anilines is 1. The number of benzene rings is 1. The summed E-state index contributed by atoms with van der Waals surface area (Å²) in [5.74, 6) is -0.476. The van der Waals surface area contributed by atoms with Gasteiger partial charge in [0.05, 0.1) is 23.7 Å². The number of rotatable bonds is 3. The molecular weight excluding hydrogens is 266 g/mol. The van der Waals surface area contributed by atoms with E-state index in [1.54, 1.807) is 25.1 Å². The summed E-state index contributed by atoms with van der Waals surface area (Å²) >= 11 is 0. The van der Waals surface area contributed by atoms with Gasteiger partial charge in [0.25, 0.3) is 0 Å². The predicted octanol–water partition coefficient (Wildman–Crippen LogP) is 1.70. The second kappa shape index (κ2) is 6.15. The molecule has 1 amide bonds. The minimum absolute atomic E-state index is 0.186. The minimum Gasteiger partial charge on any atom is -0.389 e. The van der Waals surface area contributed by atoms with Crippen molar-refractivity contribution in [3.63, 3.8) is 0 Å². The van der Waals surface area contributed by atoms with Gasteiger partial charge in [0.15, 0.2) is 0 Å². The van der Waals surface area contributed by atoms with Gasteiger partial charge in [-0.3, -0.25) is 4.79 Å². The summed E-state index contributed by atoms with van der Waals surface area (Å²) < 4.78 is 0. The molecule has 0 aliphatic carbocycles. The predicted molar refractivity (Wildman–Crippen MR) is 80.5 cm³/mol. The Morgan fingerprint density at radius 1 is 1.52 bits per heavy atom. The van der Waals surface area contributed by atoms with Crippen LogP contribution in [0.25, 0.3) is 0 Å². The van der Waals surface area contributed by atoms with Gasteiger partial charge in [-0.15, -0.1) is 0 Å². The van der Waals surface area contributed by atoms with Crippen LogP contribution >= 0.6 is 0 Å². The van der Waals surface area contributed by atoms with Crippen LogP contribution in [0.1, 0.15) is 43.9 Å². The lowest BCUT2D eigenvalue weighted by Crippen LogP contribution is -2.46. The smallest absolute Gasteiger partial charge is 0.222 e. The molecule has 112 valence electrons. The van der Waals surface area contributed by atoms with Crippen LogP contribution in [0.4, 0.5) is 5.69 Å². The molecule has 1 saturated heterocycles. The first-order valence-corrected chi connectivity index (χ1v) is 7.22. The van der Waals surface area contributed by atoms with E-state index in [9.17, 15) is 9.90 Å². The fourth-order valence-electron chi connectivity index (χ4n) is 2.89. The lowest BCUT2D eigenvalue weighted by atomic mass is 9.91. The van der Waals surface area contributed by atoms with Crippen LogP contribution in [0.2, 0.25) is 0 Å². The van der Waals surface area contributed by atoms with Crippen molar-refractivity contribution in [1.29, 1.82) is 5.26 Å². The molecular formula is C16H21N3O2. The number of nitrogens with two attached hydrogens (primary N) is 1. The number of hydrogen-bond acceptors (Lipinski definition) is 4. The molecule has 3 atom stereocenters. The maximum Gasteiger partial charge on any atom is 0.222 e. The normalized spacial score (nSPS) is 23.4. The number of nitriles is 1. The third-order valence-electron chi connectivity index (χ3n) is 4.20. The number of aliphatic hydroxyl groups excluding tert-OH is 1. The number of aliphatic hydroxyl groups is 1. The molecule has 1 aromatic rings. The Morgan fingerprint density at radius 2 is 2.24 bits per heavy atom. The lowest BCUT2D eigenvalue weighted by molar-refractivity contribution is -0.122. The first-order chi connectivity index (χ1) is 9.93. The van der Waals surface area contributed by atoms with Crippen molar-refractivity contribution in [3.8, 4) is 6.07 Å². The van der Waals surface area contributed by atoms with Crippen LogP contribution in [0.15, 0.2) is 18.2 Å². The summed E-state index contributed by atoms with van der Waals surface area (Å²) in [5, 5.41) is 19.0. The number of carbonyl (C=O) groups excluding carboxylic acids is 1. The quantitative estimate of drug-likeness (QED) is 0.885. The molecule has 0 bridgehead atoms. The van der Waals surface area contributed by atoms with E-state index in [-0.39, 0.29) is 17.9 Å². The molecule has 21 heavy (non-hydrogen) atoms. The Morgan fingerprint density at radius 3 is 2.81 bits per heavy atom. The van der Waals surface area contributed by atoms with E-state index in [0.717, 1.165) is 24.1 Å². The van der Waals surface area contributed by atoms with Crippen LogP contribution in [0.3, 0.4) is 0 Å². The first kappa shape index (κ1) is 15.3. The molecule has 1 fully saturated rings. The zero-order valence-electron chi connectivity index (χ0n) is 12.4. The van der Waals surface area contributed by atoms with E-state index in [2.05, 4.69) is 17.9 Å². The maximum absolute atomic E-state index is 11.5. The molecule has 0 radical (unpaired) electrons. The second-order valence-corrected chi connectivity index (χ2v) is 5.74. The second-order valence-electron chi connectivity index (χ2n) is 5.74. The van der Waals surface area contributed by atoms with Crippen molar-refractivity contribution in [2.75, 3.05) is 11.4 Å². The van der Waals surface area contributed by atoms with E-state index in [1.807, 2.05) is 0 Å². The number of carbonyl (C=O) groups is 1. The highest BCUT2D eigenvalue weighted by molar-refractivity contribution is 5.78. The fourth-order valence-corrected chi connectivity index (χ4v) is 2.89. The average molecular weight is 287 g/mol. The van der Waals surface area contributed by atoms with Crippen LogP contribution in [0.5, 0.6) is 0 Å². The third-order valence-corrected chi connectivity index (χ3v) is 4.20. The number of piperidine rings is 1. The molecule has 0 saturated carbocycles. The Hall–Kier alpha value is -2.06. The van der Waals surface area contributed by atoms with Gasteiger partial charge in [-0.1, -0.05) is 6.07 Å². The Labute approximate surface area is 125 Å². The number of nitrogens with zero attached hydrogens (tertiary/aromatic N) is 2. The average Bonchev–Trinajstić information content (AvgIpc) is 2.46. The third kappa shape index (κ3) is 3.17. The molecule has 2 unspecified atom stereocenters. The van der Waals surface area contributed by atoms with Crippen molar-refractivity contribution in [3.05, 3.63) is 29.3 Å². The van der Waals surface area contributed by atoms with Crippen molar-refractivity contribution in [2.24, 2.45) is 11.7 Å². The van der Waals surface area contributed by atoms with E-state index in [4.69, 9.17) is 11.0 Å². The van der Waals surface area contributed by atoms with Gasteiger partial charge in [-0.2, -0.15) is 5.26 Å². The van der Waals surface area contributed by atoms with Crippen molar-refractivity contribution in [2.45, 2.75) is 38.8 Å². The topological polar surface area (TPSA) is 90.4 Å². The highest BCUT2D eigenvalue weighted by Gasteiger charge is 2.30. The maximum atomic E-state index is 11.5. The summed E-state index contributed by atoms with van der Waals surface area (Å²) in [7, 11) is 0. The van der Waals surface area contributed by atoms with Crippen molar-refractivity contribution >= 4 is 11.6 Å². The molecule has 0 aromatic heterocycles. The first-order valence-electron chi connectivity index (χ1n) is 7.22. The zero-order valence-corrected chi connectivity index (χ0v) is 12.4. The summed E-state index contributed by atoms with van der Waals surface area (Å²) in [6.45, 7) is 4.32. The summed E-state index contributed by atoms with van der Waals surface area (Å²) in [6.07, 6.45) is 1.02. The molecule has 1 aromatic carbocycles. The number of amides is 1. The molecule has 2 rings (SSSR count). The van der Waals surface area contributed by atoms with Crippen LogP contribution < -0.4 is 10.6 Å².